The largest absolute Gasteiger partial charge is 0.492 e. The van der Waals surface area contributed by atoms with E-state index in [1.165, 1.54) is 5.56 Å². The predicted molar refractivity (Wildman–Crippen MR) is 76.1 cm³/mol. The summed E-state index contributed by atoms with van der Waals surface area (Å²) in [6.07, 6.45) is 3.96. The number of nitrogens with one attached hydrogen (secondary N) is 1. The Morgan fingerprint density at radius 1 is 1.26 bits per heavy atom. The van der Waals surface area contributed by atoms with E-state index in [-0.39, 0.29) is 0 Å². The molecule has 0 saturated heterocycles. The van der Waals surface area contributed by atoms with Gasteiger partial charge >= 0.3 is 0 Å². The maximum atomic E-state index is 5.64. The molecule has 0 atom stereocenters. The van der Waals surface area contributed by atoms with E-state index in [4.69, 9.17) is 4.74 Å². The third kappa shape index (κ3) is 4.75. The van der Waals surface area contributed by atoms with Gasteiger partial charge in [-0.15, -0.1) is 0 Å². The zero-order valence-corrected chi connectivity index (χ0v) is 11.5. The average Bonchev–Trinajstić information content (AvgIpc) is 2.86. The summed E-state index contributed by atoms with van der Waals surface area (Å²) in [4.78, 5) is 0. The molecule has 0 aliphatic rings. The van der Waals surface area contributed by atoms with Gasteiger partial charge in [-0.25, -0.2) is 0 Å². The average molecular weight is 259 g/mol. The van der Waals surface area contributed by atoms with Gasteiger partial charge in [0.1, 0.15) is 12.4 Å². The van der Waals surface area contributed by atoms with Crippen LogP contribution in [0, 0.1) is 0 Å². The minimum absolute atomic E-state index is 0.491. The summed E-state index contributed by atoms with van der Waals surface area (Å²) >= 11 is 0. The van der Waals surface area contributed by atoms with Gasteiger partial charge < -0.3 is 10.1 Å². The minimum Gasteiger partial charge on any atom is -0.492 e. The standard InChI is InChI=1S/C15H21N3O/c1-13(2)16-10-14-11-17-18(12-14)8-9-19-15-6-4-3-5-7-15/h3-7,11-13,16H,8-10H2,1-2H3. The molecule has 19 heavy (non-hydrogen) atoms. The third-order valence-electron chi connectivity index (χ3n) is 2.73. The summed E-state index contributed by atoms with van der Waals surface area (Å²) in [5, 5.41) is 7.69. The summed E-state index contributed by atoms with van der Waals surface area (Å²) in [5.74, 6) is 0.899. The van der Waals surface area contributed by atoms with E-state index in [0.29, 0.717) is 12.6 Å². The third-order valence-corrected chi connectivity index (χ3v) is 2.73. The Morgan fingerprint density at radius 3 is 2.79 bits per heavy atom. The molecule has 0 unspecified atom stereocenters. The topological polar surface area (TPSA) is 39.1 Å². The van der Waals surface area contributed by atoms with Crippen LogP contribution < -0.4 is 10.1 Å². The molecule has 2 aromatic rings. The van der Waals surface area contributed by atoms with Crippen molar-refractivity contribution < 1.29 is 4.74 Å². The molecule has 0 aliphatic carbocycles. The maximum Gasteiger partial charge on any atom is 0.119 e. The van der Waals surface area contributed by atoms with Crippen LogP contribution in [0.1, 0.15) is 19.4 Å². The van der Waals surface area contributed by atoms with Crippen molar-refractivity contribution in [3.8, 4) is 5.75 Å². The van der Waals surface area contributed by atoms with Crippen LogP contribution in [0.2, 0.25) is 0 Å². The molecule has 0 saturated carbocycles. The highest BCUT2D eigenvalue weighted by atomic mass is 16.5. The first-order chi connectivity index (χ1) is 9.24. The molecule has 4 heteroatoms. The molecule has 2 rings (SSSR count). The number of hydrogen-bond donors (Lipinski definition) is 1. The SMILES string of the molecule is CC(C)NCc1cnn(CCOc2ccccc2)c1. The highest BCUT2D eigenvalue weighted by Gasteiger charge is 2.00. The van der Waals surface area contributed by atoms with E-state index in [2.05, 4.69) is 30.5 Å². The number of aromatic nitrogens is 2. The normalized spacial score (nSPS) is 10.9. The van der Waals surface area contributed by atoms with Gasteiger partial charge in [0.15, 0.2) is 0 Å². The second kappa shape index (κ2) is 6.95. The summed E-state index contributed by atoms with van der Waals surface area (Å²) in [5.41, 5.74) is 1.20. The quantitative estimate of drug-likeness (QED) is 0.830. The van der Waals surface area contributed by atoms with Crippen molar-refractivity contribution >= 4 is 0 Å². The number of para-hydroxylation sites is 1. The van der Waals surface area contributed by atoms with Gasteiger partial charge in [0.25, 0.3) is 0 Å². The monoisotopic (exact) mass is 259 g/mol. The molecule has 0 amide bonds. The fraction of sp³-hybridized carbons (Fsp3) is 0.400. The second-order valence-corrected chi connectivity index (χ2v) is 4.81. The molecule has 102 valence electrons. The molecule has 1 aromatic heterocycles. The van der Waals surface area contributed by atoms with E-state index in [1.807, 2.05) is 41.2 Å². The van der Waals surface area contributed by atoms with Gasteiger partial charge in [0.05, 0.1) is 12.7 Å². The smallest absolute Gasteiger partial charge is 0.119 e. The van der Waals surface area contributed by atoms with Crippen molar-refractivity contribution in [2.45, 2.75) is 33.0 Å². The first kappa shape index (κ1) is 13.6. The van der Waals surface area contributed by atoms with Gasteiger partial charge in [0, 0.05) is 24.3 Å². The fourth-order valence-corrected chi connectivity index (χ4v) is 1.72. The summed E-state index contributed by atoms with van der Waals surface area (Å²) in [6.45, 7) is 6.52. The van der Waals surface area contributed by atoms with E-state index < -0.39 is 0 Å². The van der Waals surface area contributed by atoms with E-state index >= 15 is 0 Å². The number of benzene rings is 1. The van der Waals surface area contributed by atoms with Crippen LogP contribution in [0.25, 0.3) is 0 Å². The van der Waals surface area contributed by atoms with Crippen LogP contribution in [-0.2, 0) is 13.1 Å². The Morgan fingerprint density at radius 2 is 2.05 bits per heavy atom. The lowest BCUT2D eigenvalue weighted by Crippen LogP contribution is -2.21. The van der Waals surface area contributed by atoms with Crippen molar-refractivity contribution in [1.29, 1.82) is 0 Å². The highest BCUT2D eigenvalue weighted by molar-refractivity contribution is 5.20. The van der Waals surface area contributed by atoms with Crippen LogP contribution >= 0.6 is 0 Å². The van der Waals surface area contributed by atoms with Gasteiger partial charge in [-0.3, -0.25) is 4.68 Å². The van der Waals surface area contributed by atoms with Crippen molar-refractivity contribution in [3.05, 3.63) is 48.3 Å². The fourth-order valence-electron chi connectivity index (χ4n) is 1.72. The molecule has 0 radical (unpaired) electrons. The van der Waals surface area contributed by atoms with E-state index in [0.717, 1.165) is 18.8 Å². The van der Waals surface area contributed by atoms with Crippen molar-refractivity contribution in [2.24, 2.45) is 0 Å². The van der Waals surface area contributed by atoms with Crippen LogP contribution in [0.3, 0.4) is 0 Å². The Bertz CT molecular complexity index is 479. The maximum absolute atomic E-state index is 5.64. The number of rotatable bonds is 7. The van der Waals surface area contributed by atoms with Crippen LogP contribution in [0.15, 0.2) is 42.7 Å². The van der Waals surface area contributed by atoms with Crippen molar-refractivity contribution in [1.82, 2.24) is 15.1 Å². The molecule has 1 N–H and O–H groups in total. The second-order valence-electron chi connectivity index (χ2n) is 4.81. The zero-order valence-electron chi connectivity index (χ0n) is 11.5. The first-order valence-electron chi connectivity index (χ1n) is 6.66. The zero-order chi connectivity index (χ0) is 13.5. The Kier molecular flexibility index (Phi) is 4.98. The molecular weight excluding hydrogens is 238 g/mol. The molecule has 1 heterocycles. The number of nitrogens with zero attached hydrogens (tertiary/aromatic N) is 2. The lowest BCUT2D eigenvalue weighted by atomic mass is 10.3. The molecule has 0 fully saturated rings. The van der Waals surface area contributed by atoms with Gasteiger partial charge in [-0.1, -0.05) is 32.0 Å². The molecule has 4 nitrogen and oxygen atoms in total. The molecule has 0 aliphatic heterocycles. The Hall–Kier alpha value is -1.81. The van der Waals surface area contributed by atoms with Gasteiger partial charge in [-0.2, -0.15) is 5.10 Å². The predicted octanol–water partition coefficient (Wildman–Crippen LogP) is 2.46. The minimum atomic E-state index is 0.491. The Balaban J connectivity index is 1.74. The van der Waals surface area contributed by atoms with Gasteiger partial charge in [-0.05, 0) is 12.1 Å². The number of hydrogen-bond acceptors (Lipinski definition) is 3. The number of ether oxygens (including phenoxy) is 1. The molecule has 0 spiro atoms. The van der Waals surface area contributed by atoms with Gasteiger partial charge in [0.2, 0.25) is 0 Å². The van der Waals surface area contributed by atoms with Crippen molar-refractivity contribution in [3.63, 3.8) is 0 Å². The van der Waals surface area contributed by atoms with Crippen LogP contribution in [-0.4, -0.2) is 22.4 Å². The van der Waals surface area contributed by atoms with Crippen molar-refractivity contribution in [2.75, 3.05) is 6.61 Å². The molecular formula is C15H21N3O. The highest BCUT2D eigenvalue weighted by Crippen LogP contribution is 2.08. The lowest BCUT2D eigenvalue weighted by molar-refractivity contribution is 0.291. The summed E-state index contributed by atoms with van der Waals surface area (Å²) in [6, 6.07) is 10.3. The molecule has 1 aromatic carbocycles. The van der Waals surface area contributed by atoms with E-state index in [9.17, 15) is 0 Å². The van der Waals surface area contributed by atoms with E-state index in [1.54, 1.807) is 0 Å². The van der Waals surface area contributed by atoms with Crippen LogP contribution in [0.5, 0.6) is 5.75 Å². The summed E-state index contributed by atoms with van der Waals surface area (Å²) in [7, 11) is 0. The lowest BCUT2D eigenvalue weighted by Gasteiger charge is -2.06. The Labute approximate surface area is 114 Å². The summed E-state index contributed by atoms with van der Waals surface area (Å²) < 4.78 is 7.56. The first-order valence-corrected chi connectivity index (χ1v) is 6.66. The molecule has 0 bridgehead atoms. The van der Waals surface area contributed by atoms with Crippen LogP contribution in [0.4, 0.5) is 0 Å².